The van der Waals surface area contributed by atoms with Crippen LogP contribution in [-0.2, 0) is 9.53 Å². The average Bonchev–Trinajstić information content (AvgIpc) is 2.21. The summed E-state index contributed by atoms with van der Waals surface area (Å²) in [5.74, 6) is -0.330. The molecule has 3 N–H and O–H groups in total. The van der Waals surface area contributed by atoms with E-state index in [4.69, 9.17) is 5.73 Å². The minimum Gasteiger partial charge on any atom is -0.468 e. The Bertz CT molecular complexity index is 151. The SMILES string of the molecule is [CH2][CH]CNCCCCC(N)C(=O)OC. The molecule has 0 spiro atoms. The number of rotatable bonds is 8. The van der Waals surface area contributed by atoms with Crippen LogP contribution in [0.5, 0.6) is 0 Å². The van der Waals surface area contributed by atoms with Crippen LogP contribution >= 0.6 is 0 Å². The fourth-order valence-corrected chi connectivity index (χ4v) is 1.09. The molecule has 82 valence electrons. The van der Waals surface area contributed by atoms with Crippen molar-refractivity contribution < 1.29 is 9.53 Å². The molecule has 4 heteroatoms. The van der Waals surface area contributed by atoms with Crippen molar-refractivity contribution in [2.45, 2.75) is 25.3 Å². The van der Waals surface area contributed by atoms with E-state index in [-0.39, 0.29) is 5.97 Å². The fourth-order valence-electron chi connectivity index (χ4n) is 1.09. The Hall–Kier alpha value is -0.610. The molecule has 0 saturated heterocycles. The topological polar surface area (TPSA) is 64.3 Å². The van der Waals surface area contributed by atoms with Crippen molar-refractivity contribution in [2.75, 3.05) is 20.2 Å². The molecule has 0 saturated carbocycles. The van der Waals surface area contributed by atoms with Gasteiger partial charge in [0.1, 0.15) is 6.04 Å². The predicted molar refractivity (Wildman–Crippen MR) is 56.4 cm³/mol. The largest absolute Gasteiger partial charge is 0.468 e. The van der Waals surface area contributed by atoms with Gasteiger partial charge in [0.25, 0.3) is 0 Å². The number of ether oxygens (including phenoxy) is 1. The second-order valence-corrected chi connectivity index (χ2v) is 3.12. The van der Waals surface area contributed by atoms with Crippen LogP contribution in [0, 0.1) is 13.3 Å². The second kappa shape index (κ2) is 8.97. The highest BCUT2D eigenvalue weighted by Gasteiger charge is 2.11. The molecule has 0 bridgehead atoms. The van der Waals surface area contributed by atoms with E-state index in [1.165, 1.54) is 7.11 Å². The van der Waals surface area contributed by atoms with E-state index in [0.29, 0.717) is 6.42 Å². The Morgan fingerprint density at radius 3 is 2.93 bits per heavy atom. The highest BCUT2D eigenvalue weighted by molar-refractivity contribution is 5.75. The molecule has 0 fully saturated rings. The van der Waals surface area contributed by atoms with Crippen LogP contribution in [0.4, 0.5) is 0 Å². The fraction of sp³-hybridized carbons (Fsp3) is 0.700. The lowest BCUT2D eigenvalue weighted by Gasteiger charge is -2.08. The lowest BCUT2D eigenvalue weighted by Crippen LogP contribution is -2.31. The summed E-state index contributed by atoms with van der Waals surface area (Å²) in [6.45, 7) is 5.35. The summed E-state index contributed by atoms with van der Waals surface area (Å²) in [5, 5.41) is 3.18. The Morgan fingerprint density at radius 2 is 2.36 bits per heavy atom. The first-order chi connectivity index (χ1) is 6.72. The zero-order chi connectivity index (χ0) is 10.8. The van der Waals surface area contributed by atoms with Gasteiger partial charge in [0.05, 0.1) is 7.11 Å². The van der Waals surface area contributed by atoms with Crippen molar-refractivity contribution in [3.8, 4) is 0 Å². The van der Waals surface area contributed by atoms with Crippen molar-refractivity contribution in [3.63, 3.8) is 0 Å². The molecule has 0 rings (SSSR count). The van der Waals surface area contributed by atoms with E-state index < -0.39 is 6.04 Å². The van der Waals surface area contributed by atoms with Gasteiger partial charge >= 0.3 is 5.97 Å². The molecule has 0 aliphatic rings. The molecular weight excluding hydrogens is 180 g/mol. The molecule has 0 aromatic carbocycles. The van der Waals surface area contributed by atoms with E-state index in [1.807, 2.05) is 6.42 Å². The molecule has 0 aliphatic heterocycles. The van der Waals surface area contributed by atoms with E-state index in [1.54, 1.807) is 0 Å². The monoisotopic (exact) mass is 200 g/mol. The third-order valence-corrected chi connectivity index (χ3v) is 1.91. The maximum absolute atomic E-state index is 10.9. The van der Waals surface area contributed by atoms with Crippen molar-refractivity contribution in [3.05, 3.63) is 13.3 Å². The molecule has 4 nitrogen and oxygen atoms in total. The lowest BCUT2D eigenvalue weighted by molar-refractivity contribution is -0.142. The quantitative estimate of drug-likeness (QED) is 0.436. The highest BCUT2D eigenvalue weighted by atomic mass is 16.5. The standard InChI is InChI=1S/C10H20N2O2/c1-3-7-12-8-5-4-6-9(11)10(13)14-2/h3,9,12H,1,4-8,11H2,2H3. The first-order valence-electron chi connectivity index (χ1n) is 4.87. The molecule has 0 aromatic rings. The summed E-state index contributed by atoms with van der Waals surface area (Å²) >= 11 is 0. The third-order valence-electron chi connectivity index (χ3n) is 1.91. The first-order valence-corrected chi connectivity index (χ1v) is 4.87. The van der Waals surface area contributed by atoms with E-state index in [2.05, 4.69) is 17.0 Å². The summed E-state index contributed by atoms with van der Waals surface area (Å²) in [4.78, 5) is 10.9. The van der Waals surface area contributed by atoms with Gasteiger partial charge in [-0.25, -0.2) is 0 Å². The summed E-state index contributed by atoms with van der Waals surface area (Å²) in [5.41, 5.74) is 5.56. The van der Waals surface area contributed by atoms with Gasteiger partial charge in [-0.2, -0.15) is 0 Å². The Labute approximate surface area is 86.2 Å². The van der Waals surface area contributed by atoms with Crippen LogP contribution in [0.25, 0.3) is 0 Å². The van der Waals surface area contributed by atoms with Gasteiger partial charge in [-0.15, -0.1) is 0 Å². The molecule has 2 radical (unpaired) electrons. The number of methoxy groups -OCH3 is 1. The van der Waals surface area contributed by atoms with E-state index >= 15 is 0 Å². The molecule has 0 heterocycles. The Morgan fingerprint density at radius 1 is 1.64 bits per heavy atom. The van der Waals surface area contributed by atoms with Gasteiger partial charge in [0.2, 0.25) is 0 Å². The summed E-state index contributed by atoms with van der Waals surface area (Å²) < 4.78 is 4.51. The Kier molecular flexibility index (Phi) is 8.57. The van der Waals surface area contributed by atoms with Crippen molar-refractivity contribution in [1.29, 1.82) is 0 Å². The Balaban J connectivity index is 3.23. The maximum Gasteiger partial charge on any atom is 0.322 e. The minimum absolute atomic E-state index is 0.330. The van der Waals surface area contributed by atoms with Crippen molar-refractivity contribution >= 4 is 5.97 Å². The zero-order valence-corrected chi connectivity index (χ0v) is 8.79. The van der Waals surface area contributed by atoms with Crippen LogP contribution in [0.3, 0.4) is 0 Å². The number of nitrogens with one attached hydrogen (secondary N) is 1. The number of hydrogen-bond acceptors (Lipinski definition) is 4. The van der Waals surface area contributed by atoms with Crippen LogP contribution in [0.1, 0.15) is 19.3 Å². The van der Waals surface area contributed by atoms with E-state index in [0.717, 1.165) is 25.9 Å². The number of esters is 1. The first kappa shape index (κ1) is 13.4. The van der Waals surface area contributed by atoms with Gasteiger partial charge in [-0.1, -0.05) is 6.42 Å². The normalized spacial score (nSPS) is 12.5. The number of carbonyl (C=O) groups is 1. The van der Waals surface area contributed by atoms with Crippen LogP contribution in [0.15, 0.2) is 0 Å². The summed E-state index contributed by atoms with van der Waals surface area (Å²) in [6, 6.07) is -0.473. The van der Waals surface area contributed by atoms with Gasteiger partial charge in [0, 0.05) is 0 Å². The lowest BCUT2D eigenvalue weighted by atomic mass is 10.1. The molecule has 1 atom stereocenters. The highest BCUT2D eigenvalue weighted by Crippen LogP contribution is 1.99. The number of unbranched alkanes of at least 4 members (excludes halogenated alkanes) is 1. The van der Waals surface area contributed by atoms with Gasteiger partial charge in [0.15, 0.2) is 0 Å². The van der Waals surface area contributed by atoms with Gasteiger partial charge < -0.3 is 15.8 Å². The average molecular weight is 200 g/mol. The summed E-state index contributed by atoms with van der Waals surface area (Å²) in [7, 11) is 1.35. The molecule has 0 aromatic heterocycles. The third kappa shape index (κ3) is 6.86. The van der Waals surface area contributed by atoms with Crippen molar-refractivity contribution in [1.82, 2.24) is 5.32 Å². The number of hydrogen-bond donors (Lipinski definition) is 2. The number of nitrogens with two attached hydrogens (primary N) is 1. The maximum atomic E-state index is 10.9. The summed E-state index contributed by atoms with van der Waals surface area (Å²) in [6.07, 6.45) is 4.45. The van der Waals surface area contributed by atoms with E-state index in [9.17, 15) is 4.79 Å². The number of carbonyl (C=O) groups excluding carboxylic acids is 1. The second-order valence-electron chi connectivity index (χ2n) is 3.12. The van der Waals surface area contributed by atoms with Gasteiger partial charge in [-0.05, 0) is 39.3 Å². The molecule has 0 amide bonds. The van der Waals surface area contributed by atoms with Crippen LogP contribution < -0.4 is 11.1 Å². The van der Waals surface area contributed by atoms with Crippen LogP contribution in [-0.4, -0.2) is 32.2 Å². The predicted octanol–water partition coefficient (Wildman–Crippen LogP) is 0.285. The van der Waals surface area contributed by atoms with Crippen LogP contribution in [0.2, 0.25) is 0 Å². The van der Waals surface area contributed by atoms with Gasteiger partial charge in [-0.3, -0.25) is 4.79 Å². The molecular formula is C10H20N2O2. The molecule has 1 unspecified atom stereocenters. The molecule has 14 heavy (non-hydrogen) atoms. The smallest absolute Gasteiger partial charge is 0.322 e. The zero-order valence-electron chi connectivity index (χ0n) is 8.79. The molecule has 0 aliphatic carbocycles. The minimum atomic E-state index is -0.473. The van der Waals surface area contributed by atoms with Crippen molar-refractivity contribution in [2.24, 2.45) is 5.73 Å².